The summed E-state index contributed by atoms with van der Waals surface area (Å²) < 4.78 is 20.3. The van der Waals surface area contributed by atoms with Crippen molar-refractivity contribution in [2.45, 2.75) is 38.6 Å². The minimum atomic E-state index is -0.468. The molecule has 6 nitrogen and oxygen atoms in total. The van der Waals surface area contributed by atoms with E-state index >= 15 is 0 Å². The lowest BCUT2D eigenvalue weighted by molar-refractivity contribution is -0.228. The zero-order valence-electron chi connectivity index (χ0n) is 10.2. The summed E-state index contributed by atoms with van der Waals surface area (Å²) in [5.74, 6) is -0.673. The third kappa shape index (κ3) is 5.66. The maximum atomic E-state index is 11.0. The summed E-state index contributed by atoms with van der Waals surface area (Å²) in [7, 11) is 0. The van der Waals surface area contributed by atoms with Crippen molar-refractivity contribution in [1.29, 1.82) is 0 Å². The highest BCUT2D eigenvalue weighted by molar-refractivity contribution is 6.17. The molecule has 0 aromatic carbocycles. The zero-order valence-corrected chi connectivity index (χ0v) is 11.0. The lowest BCUT2D eigenvalue weighted by Crippen LogP contribution is -2.38. The van der Waals surface area contributed by atoms with Crippen molar-refractivity contribution in [2.75, 3.05) is 19.3 Å². The summed E-state index contributed by atoms with van der Waals surface area (Å²) in [6.07, 6.45) is 0.0541. The van der Waals surface area contributed by atoms with Gasteiger partial charge in [-0.3, -0.25) is 9.59 Å². The molecule has 1 aliphatic rings. The lowest BCUT2D eigenvalue weighted by Gasteiger charge is -2.28. The van der Waals surface area contributed by atoms with Crippen LogP contribution in [0.1, 0.15) is 26.2 Å². The first-order valence-corrected chi connectivity index (χ1v) is 6.33. The number of halogens is 1. The molecule has 1 heterocycles. The van der Waals surface area contributed by atoms with Gasteiger partial charge < -0.3 is 18.9 Å². The normalized spacial score (nSPS) is 23.4. The minimum Gasteiger partial charge on any atom is -0.457 e. The Bertz CT molecular complexity index is 275. The molecule has 1 aliphatic heterocycles. The van der Waals surface area contributed by atoms with Crippen molar-refractivity contribution in [3.8, 4) is 0 Å². The van der Waals surface area contributed by atoms with Crippen LogP contribution in [-0.4, -0.2) is 43.6 Å². The van der Waals surface area contributed by atoms with E-state index in [0.29, 0.717) is 12.8 Å². The van der Waals surface area contributed by atoms with Crippen LogP contribution in [0.25, 0.3) is 0 Å². The van der Waals surface area contributed by atoms with Gasteiger partial charge in [-0.15, -0.1) is 0 Å². The van der Waals surface area contributed by atoms with Gasteiger partial charge in [-0.1, -0.05) is 18.5 Å². The van der Waals surface area contributed by atoms with Crippen LogP contribution in [0.2, 0.25) is 0 Å². The molecule has 0 radical (unpaired) electrons. The van der Waals surface area contributed by atoms with Crippen molar-refractivity contribution >= 4 is 23.5 Å². The Kier molecular flexibility index (Phi) is 7.00. The second-order valence-electron chi connectivity index (χ2n) is 3.73. The smallest absolute Gasteiger partial charge is 0.307 e. The van der Waals surface area contributed by atoms with Gasteiger partial charge >= 0.3 is 11.9 Å². The van der Waals surface area contributed by atoms with Gasteiger partial charge in [-0.2, -0.15) is 0 Å². The third-order valence-electron chi connectivity index (χ3n) is 2.32. The van der Waals surface area contributed by atoms with Crippen LogP contribution in [0.4, 0.5) is 0 Å². The van der Waals surface area contributed by atoms with E-state index < -0.39 is 12.3 Å². The number of rotatable bonds is 6. The van der Waals surface area contributed by atoms with Crippen LogP contribution < -0.4 is 0 Å². The van der Waals surface area contributed by atoms with Gasteiger partial charge in [0.2, 0.25) is 0 Å². The summed E-state index contributed by atoms with van der Waals surface area (Å²) in [4.78, 5) is 22.1. The van der Waals surface area contributed by atoms with Gasteiger partial charge in [0.15, 0.2) is 12.4 Å². The molecule has 0 aromatic rings. The summed E-state index contributed by atoms with van der Waals surface area (Å²) in [5.41, 5.74) is 0. The molecule has 0 amide bonds. The van der Waals surface area contributed by atoms with E-state index in [1.54, 1.807) is 6.92 Å². The number of alkyl halides is 1. The number of hydrogen-bond donors (Lipinski definition) is 0. The van der Waals surface area contributed by atoms with Crippen LogP contribution in [0, 0.1) is 0 Å². The second-order valence-corrected chi connectivity index (χ2v) is 3.94. The van der Waals surface area contributed by atoms with Crippen molar-refractivity contribution in [3.05, 3.63) is 0 Å². The molecule has 1 fully saturated rings. The molecular weight excluding hydrogens is 264 g/mol. The van der Waals surface area contributed by atoms with E-state index in [1.165, 1.54) is 0 Å². The van der Waals surface area contributed by atoms with E-state index in [2.05, 4.69) is 4.74 Å². The van der Waals surface area contributed by atoms with Crippen LogP contribution in [0.15, 0.2) is 0 Å². The Balaban J connectivity index is 2.15. The van der Waals surface area contributed by atoms with Crippen LogP contribution >= 0.6 is 11.6 Å². The fourth-order valence-electron chi connectivity index (χ4n) is 1.40. The number of hydrogen-bond acceptors (Lipinski definition) is 6. The topological polar surface area (TPSA) is 71.1 Å². The van der Waals surface area contributed by atoms with E-state index in [9.17, 15) is 9.59 Å². The van der Waals surface area contributed by atoms with Gasteiger partial charge in [0.25, 0.3) is 0 Å². The van der Waals surface area contributed by atoms with Crippen molar-refractivity contribution in [1.82, 2.24) is 0 Å². The van der Waals surface area contributed by atoms with E-state index in [0.717, 1.165) is 0 Å². The summed E-state index contributed by atoms with van der Waals surface area (Å²) in [6, 6.07) is -0.153. The van der Waals surface area contributed by atoms with Gasteiger partial charge in [0.1, 0.15) is 6.10 Å². The minimum absolute atomic E-state index is 0.153. The van der Waals surface area contributed by atoms with Gasteiger partial charge in [0.05, 0.1) is 19.6 Å². The number of carbonyl (C=O) groups excluding carboxylic acids is 2. The Hall–Kier alpha value is -0.850. The third-order valence-corrected chi connectivity index (χ3v) is 2.43. The van der Waals surface area contributed by atoms with Gasteiger partial charge in [-0.05, 0) is 0 Å². The Morgan fingerprint density at radius 2 is 1.94 bits per heavy atom. The highest BCUT2D eigenvalue weighted by atomic mass is 35.5. The predicted octanol–water partition coefficient (Wildman–Crippen LogP) is 1.20. The molecule has 0 bridgehead atoms. The molecule has 0 spiro atoms. The first-order valence-electron chi connectivity index (χ1n) is 5.80. The SMILES string of the molecule is CCC(=O)OC1COC(CCC(=O)OCCl)OC1. The molecule has 7 heteroatoms. The van der Waals surface area contributed by atoms with E-state index in [-0.39, 0.29) is 37.8 Å². The fourth-order valence-corrected chi connectivity index (χ4v) is 1.52. The average Bonchev–Trinajstić information content (AvgIpc) is 2.38. The van der Waals surface area contributed by atoms with Crippen LogP contribution in [0.5, 0.6) is 0 Å². The Morgan fingerprint density at radius 1 is 1.28 bits per heavy atom. The highest BCUT2D eigenvalue weighted by Crippen LogP contribution is 2.14. The first kappa shape index (κ1) is 15.2. The average molecular weight is 281 g/mol. The quantitative estimate of drug-likeness (QED) is 0.538. The standard InChI is InChI=1S/C11H17ClO6/c1-2-9(13)18-8-5-15-11(16-6-8)4-3-10(14)17-7-12/h8,11H,2-7H2,1H3. The Morgan fingerprint density at radius 3 is 2.50 bits per heavy atom. The highest BCUT2D eigenvalue weighted by Gasteiger charge is 2.25. The van der Waals surface area contributed by atoms with Gasteiger partial charge in [0, 0.05) is 12.8 Å². The van der Waals surface area contributed by atoms with Gasteiger partial charge in [-0.25, -0.2) is 0 Å². The molecular formula is C11H17ClO6. The van der Waals surface area contributed by atoms with Crippen LogP contribution in [-0.2, 0) is 28.5 Å². The predicted molar refractivity (Wildman–Crippen MR) is 61.9 cm³/mol. The molecule has 0 aliphatic carbocycles. The molecule has 0 N–H and O–H groups in total. The summed E-state index contributed by atoms with van der Waals surface area (Å²) in [6.45, 7) is 2.28. The second kappa shape index (κ2) is 8.29. The maximum absolute atomic E-state index is 11.0. The van der Waals surface area contributed by atoms with Crippen LogP contribution in [0.3, 0.4) is 0 Å². The van der Waals surface area contributed by atoms with E-state index in [4.69, 9.17) is 25.8 Å². The first-order chi connectivity index (χ1) is 8.65. The molecule has 0 saturated carbocycles. The molecule has 1 rings (SSSR count). The summed E-state index contributed by atoms with van der Waals surface area (Å²) in [5, 5.41) is 0. The zero-order chi connectivity index (χ0) is 13.4. The van der Waals surface area contributed by atoms with Crippen molar-refractivity contribution in [2.24, 2.45) is 0 Å². The van der Waals surface area contributed by atoms with Crippen molar-refractivity contribution in [3.63, 3.8) is 0 Å². The largest absolute Gasteiger partial charge is 0.457 e. The fraction of sp³-hybridized carbons (Fsp3) is 0.818. The molecule has 104 valence electrons. The Labute approximate surface area is 110 Å². The monoisotopic (exact) mass is 280 g/mol. The number of ether oxygens (including phenoxy) is 4. The molecule has 1 saturated heterocycles. The number of carbonyl (C=O) groups is 2. The number of esters is 2. The molecule has 18 heavy (non-hydrogen) atoms. The molecule has 0 unspecified atom stereocenters. The summed E-state index contributed by atoms with van der Waals surface area (Å²) >= 11 is 5.25. The maximum Gasteiger partial charge on any atom is 0.307 e. The van der Waals surface area contributed by atoms with Crippen molar-refractivity contribution < 1.29 is 28.5 Å². The van der Waals surface area contributed by atoms with E-state index in [1.807, 2.05) is 0 Å². The lowest BCUT2D eigenvalue weighted by atomic mass is 10.3. The molecule has 0 atom stereocenters. The molecule has 0 aromatic heterocycles.